The Kier molecular flexibility index (Phi) is 3.83. The number of rotatable bonds is 2. The molecule has 5 heteroatoms. The Labute approximate surface area is 72.1 Å². The number of hydrogen-bond donors (Lipinski definition) is 3. The Morgan fingerprint density at radius 2 is 2.50 bits per heavy atom. The van der Waals surface area contributed by atoms with E-state index < -0.39 is 0 Å². The number of ether oxygens (including phenoxy) is 1. The fourth-order valence-electron chi connectivity index (χ4n) is 1.22. The van der Waals surface area contributed by atoms with Crippen LogP contribution in [0.15, 0.2) is 4.99 Å². The Hall–Kier alpha value is -0.810. The molecule has 0 spiro atoms. The van der Waals surface area contributed by atoms with E-state index in [-0.39, 0.29) is 0 Å². The molecule has 0 aromatic rings. The molecule has 0 radical (unpaired) electrons. The molecule has 5 nitrogen and oxygen atoms in total. The lowest BCUT2D eigenvalue weighted by Crippen LogP contribution is -2.37. The number of aliphatic imine (C=N–C) groups is 1. The van der Waals surface area contributed by atoms with Gasteiger partial charge in [0.1, 0.15) is 0 Å². The highest BCUT2D eigenvalue weighted by Gasteiger charge is 2.12. The van der Waals surface area contributed by atoms with Crippen LogP contribution in [0.3, 0.4) is 0 Å². The van der Waals surface area contributed by atoms with Crippen LogP contribution < -0.4 is 17.0 Å². The van der Waals surface area contributed by atoms with Gasteiger partial charge in [0.05, 0.1) is 6.61 Å². The van der Waals surface area contributed by atoms with Crippen molar-refractivity contribution >= 4 is 5.96 Å². The van der Waals surface area contributed by atoms with Crippen LogP contribution in [0.2, 0.25) is 0 Å². The van der Waals surface area contributed by atoms with Crippen molar-refractivity contribution in [3.63, 3.8) is 0 Å². The van der Waals surface area contributed by atoms with Crippen LogP contribution in [0.5, 0.6) is 0 Å². The van der Waals surface area contributed by atoms with E-state index in [2.05, 4.69) is 10.4 Å². The predicted octanol–water partition coefficient (Wildman–Crippen LogP) is -0.809. The summed E-state index contributed by atoms with van der Waals surface area (Å²) in [5.74, 6) is 5.85. The van der Waals surface area contributed by atoms with E-state index in [9.17, 15) is 0 Å². The lowest BCUT2D eigenvalue weighted by Gasteiger charge is -2.20. The molecule has 0 aliphatic carbocycles. The zero-order valence-corrected chi connectivity index (χ0v) is 7.12. The molecule has 5 N–H and O–H groups in total. The maximum atomic E-state index is 5.36. The van der Waals surface area contributed by atoms with Crippen LogP contribution in [0.4, 0.5) is 0 Å². The van der Waals surface area contributed by atoms with Crippen molar-refractivity contribution < 1.29 is 4.74 Å². The molecule has 1 unspecified atom stereocenters. The van der Waals surface area contributed by atoms with Gasteiger partial charge in [0.15, 0.2) is 0 Å². The lowest BCUT2D eigenvalue weighted by atomic mass is 10.0. The Morgan fingerprint density at radius 3 is 3.08 bits per heavy atom. The van der Waals surface area contributed by atoms with Gasteiger partial charge in [-0.3, -0.25) is 10.4 Å². The van der Waals surface area contributed by atoms with Gasteiger partial charge in [0.2, 0.25) is 5.96 Å². The largest absolute Gasteiger partial charge is 0.381 e. The SMILES string of the molecule is NNC(N)=NCC1CCCOC1. The molecule has 1 rings (SSSR count). The smallest absolute Gasteiger partial charge is 0.203 e. The molecular weight excluding hydrogens is 156 g/mol. The molecule has 0 saturated carbocycles. The van der Waals surface area contributed by atoms with Crippen LogP contribution in [-0.4, -0.2) is 25.7 Å². The zero-order valence-electron chi connectivity index (χ0n) is 7.12. The average Bonchev–Trinajstić information content (AvgIpc) is 2.16. The maximum absolute atomic E-state index is 5.36. The normalized spacial score (nSPS) is 25.4. The second-order valence-electron chi connectivity index (χ2n) is 2.95. The fourth-order valence-corrected chi connectivity index (χ4v) is 1.22. The Morgan fingerprint density at radius 1 is 1.67 bits per heavy atom. The first-order valence-corrected chi connectivity index (χ1v) is 4.17. The van der Waals surface area contributed by atoms with E-state index in [0.29, 0.717) is 18.4 Å². The van der Waals surface area contributed by atoms with Crippen molar-refractivity contribution in [2.75, 3.05) is 19.8 Å². The highest BCUT2D eigenvalue weighted by molar-refractivity contribution is 5.77. The van der Waals surface area contributed by atoms with E-state index in [1.807, 2.05) is 0 Å². The van der Waals surface area contributed by atoms with Crippen molar-refractivity contribution in [1.82, 2.24) is 5.43 Å². The van der Waals surface area contributed by atoms with E-state index in [1.165, 1.54) is 6.42 Å². The van der Waals surface area contributed by atoms with Crippen LogP contribution >= 0.6 is 0 Å². The van der Waals surface area contributed by atoms with E-state index in [1.54, 1.807) is 0 Å². The number of nitrogens with one attached hydrogen (secondary N) is 1. The van der Waals surface area contributed by atoms with Gasteiger partial charge in [-0.25, -0.2) is 5.84 Å². The van der Waals surface area contributed by atoms with Gasteiger partial charge in [-0.1, -0.05) is 0 Å². The highest BCUT2D eigenvalue weighted by Crippen LogP contribution is 2.13. The number of guanidine groups is 1. The van der Waals surface area contributed by atoms with Gasteiger partial charge in [0.25, 0.3) is 0 Å². The molecule has 1 fully saturated rings. The number of hydrazine groups is 1. The molecule has 0 aromatic heterocycles. The lowest BCUT2D eigenvalue weighted by molar-refractivity contribution is 0.0582. The third kappa shape index (κ3) is 3.06. The molecule has 0 amide bonds. The summed E-state index contributed by atoms with van der Waals surface area (Å²) in [5.41, 5.74) is 7.65. The number of hydrogen-bond acceptors (Lipinski definition) is 3. The highest BCUT2D eigenvalue weighted by atomic mass is 16.5. The molecule has 1 heterocycles. The Bertz CT molecular complexity index is 153. The molecule has 1 aliphatic rings. The van der Waals surface area contributed by atoms with Crippen LogP contribution in [0, 0.1) is 5.92 Å². The molecular formula is C7H16N4O. The molecule has 1 atom stereocenters. The molecule has 70 valence electrons. The maximum Gasteiger partial charge on any atom is 0.203 e. The second-order valence-corrected chi connectivity index (χ2v) is 2.95. The van der Waals surface area contributed by atoms with Gasteiger partial charge in [-0.2, -0.15) is 0 Å². The fraction of sp³-hybridized carbons (Fsp3) is 0.857. The molecule has 1 aliphatic heterocycles. The van der Waals surface area contributed by atoms with Gasteiger partial charge in [-0.15, -0.1) is 0 Å². The quantitative estimate of drug-likeness (QED) is 0.220. The second kappa shape index (κ2) is 4.95. The van der Waals surface area contributed by atoms with Crippen LogP contribution in [0.1, 0.15) is 12.8 Å². The Balaban J connectivity index is 2.21. The summed E-state index contributed by atoms with van der Waals surface area (Å²) in [6.07, 6.45) is 2.29. The van der Waals surface area contributed by atoms with Crippen LogP contribution in [0.25, 0.3) is 0 Å². The van der Waals surface area contributed by atoms with Gasteiger partial charge in [0, 0.05) is 19.1 Å². The van der Waals surface area contributed by atoms with Crippen LogP contribution in [-0.2, 0) is 4.74 Å². The van der Waals surface area contributed by atoms with Crippen molar-refractivity contribution in [1.29, 1.82) is 0 Å². The molecule has 1 saturated heterocycles. The first-order chi connectivity index (χ1) is 5.83. The van der Waals surface area contributed by atoms with E-state index >= 15 is 0 Å². The van der Waals surface area contributed by atoms with Crippen molar-refractivity contribution in [3.05, 3.63) is 0 Å². The number of nitrogens with two attached hydrogens (primary N) is 2. The van der Waals surface area contributed by atoms with Crippen molar-refractivity contribution in [2.24, 2.45) is 22.5 Å². The van der Waals surface area contributed by atoms with Gasteiger partial charge >= 0.3 is 0 Å². The minimum Gasteiger partial charge on any atom is -0.381 e. The molecule has 12 heavy (non-hydrogen) atoms. The summed E-state index contributed by atoms with van der Waals surface area (Å²) in [7, 11) is 0. The summed E-state index contributed by atoms with van der Waals surface area (Å²) in [6, 6.07) is 0. The molecule has 0 aromatic carbocycles. The summed E-state index contributed by atoms with van der Waals surface area (Å²) >= 11 is 0. The first kappa shape index (κ1) is 9.28. The minimum atomic E-state index is 0.292. The number of nitrogens with zero attached hydrogens (tertiary/aromatic N) is 1. The van der Waals surface area contributed by atoms with E-state index in [4.69, 9.17) is 16.3 Å². The standard InChI is InChI=1S/C7H16N4O/c8-7(11-9)10-4-6-2-1-3-12-5-6/h6H,1-5,9H2,(H3,8,10,11). The third-order valence-corrected chi connectivity index (χ3v) is 1.92. The van der Waals surface area contributed by atoms with Gasteiger partial charge in [-0.05, 0) is 12.8 Å². The van der Waals surface area contributed by atoms with E-state index in [0.717, 1.165) is 19.6 Å². The van der Waals surface area contributed by atoms with Crippen molar-refractivity contribution in [3.8, 4) is 0 Å². The summed E-state index contributed by atoms with van der Waals surface area (Å²) in [6.45, 7) is 2.38. The predicted molar refractivity (Wildman–Crippen MR) is 47.4 cm³/mol. The summed E-state index contributed by atoms with van der Waals surface area (Å²) in [4.78, 5) is 4.04. The third-order valence-electron chi connectivity index (χ3n) is 1.92. The topological polar surface area (TPSA) is 85.7 Å². The molecule has 0 bridgehead atoms. The first-order valence-electron chi connectivity index (χ1n) is 4.17. The monoisotopic (exact) mass is 172 g/mol. The summed E-state index contributed by atoms with van der Waals surface area (Å²) in [5, 5.41) is 0. The minimum absolute atomic E-state index is 0.292. The zero-order chi connectivity index (χ0) is 8.81. The summed E-state index contributed by atoms with van der Waals surface area (Å²) < 4.78 is 5.29. The van der Waals surface area contributed by atoms with Gasteiger partial charge < -0.3 is 10.5 Å². The van der Waals surface area contributed by atoms with Crippen molar-refractivity contribution in [2.45, 2.75) is 12.8 Å². The average molecular weight is 172 g/mol.